The van der Waals surface area contributed by atoms with Gasteiger partial charge in [-0.05, 0) is 17.4 Å². The third-order valence-electron chi connectivity index (χ3n) is 3.09. The summed E-state index contributed by atoms with van der Waals surface area (Å²) >= 11 is 11.3. The smallest absolute Gasteiger partial charge is 0.187 e. The van der Waals surface area contributed by atoms with Gasteiger partial charge in [0.1, 0.15) is 11.1 Å². The van der Waals surface area contributed by atoms with E-state index in [4.69, 9.17) is 27.9 Å². The lowest BCUT2D eigenvalue weighted by Gasteiger charge is -2.01. The van der Waals surface area contributed by atoms with E-state index in [9.17, 15) is 0 Å². The fourth-order valence-corrected chi connectivity index (χ4v) is 2.41. The fraction of sp³-hybridized carbons (Fsp3) is 0.700. The minimum absolute atomic E-state index is 0.179. The van der Waals surface area contributed by atoms with E-state index >= 15 is 0 Å². The molecule has 2 unspecified atom stereocenters. The number of allylic oxidation sites excluding steroid dienone is 1. The first-order valence-corrected chi connectivity index (χ1v) is 5.49. The maximum absolute atomic E-state index is 5.66. The molecule has 0 bridgehead atoms. The third kappa shape index (κ3) is 1.66. The van der Waals surface area contributed by atoms with Crippen molar-refractivity contribution in [2.75, 3.05) is 13.2 Å². The minimum Gasteiger partial charge on any atom is -0.479 e. The van der Waals surface area contributed by atoms with Gasteiger partial charge in [-0.15, -0.1) is 0 Å². The van der Waals surface area contributed by atoms with Crippen molar-refractivity contribution in [1.29, 1.82) is 0 Å². The first kappa shape index (κ1) is 10.3. The largest absolute Gasteiger partial charge is 0.479 e. The average molecular weight is 234 g/mol. The van der Waals surface area contributed by atoms with Gasteiger partial charge in [0.25, 0.3) is 0 Å². The Morgan fingerprint density at radius 2 is 2.29 bits per heavy atom. The monoisotopic (exact) mass is 233 g/mol. The van der Waals surface area contributed by atoms with Crippen LogP contribution < -0.4 is 0 Å². The van der Waals surface area contributed by atoms with Crippen LogP contribution in [0.1, 0.15) is 13.8 Å². The molecule has 0 spiro atoms. The maximum atomic E-state index is 5.66. The molecule has 78 valence electrons. The fourth-order valence-electron chi connectivity index (χ4n) is 2.14. The SMILES string of the molecule is CC1(C)C(C=C(Cl)Cl)C1C1=NCCO1. The topological polar surface area (TPSA) is 21.6 Å². The van der Waals surface area contributed by atoms with E-state index in [0.29, 0.717) is 22.9 Å². The number of rotatable bonds is 2. The number of aliphatic imine (C=N–C) groups is 1. The van der Waals surface area contributed by atoms with Crippen molar-refractivity contribution >= 4 is 29.1 Å². The molecule has 1 aliphatic carbocycles. The molecule has 2 rings (SSSR count). The second-order valence-electron chi connectivity index (χ2n) is 4.35. The Kier molecular flexibility index (Phi) is 2.52. The second kappa shape index (κ2) is 3.42. The molecule has 0 saturated heterocycles. The van der Waals surface area contributed by atoms with Crippen molar-refractivity contribution in [1.82, 2.24) is 0 Å². The Bertz CT molecular complexity index is 305. The number of halogens is 2. The summed E-state index contributed by atoms with van der Waals surface area (Å²) in [5.74, 6) is 1.60. The predicted octanol–water partition coefficient (Wildman–Crippen LogP) is 3.01. The molecule has 1 fully saturated rings. The van der Waals surface area contributed by atoms with E-state index in [2.05, 4.69) is 18.8 Å². The van der Waals surface area contributed by atoms with Crippen LogP contribution in [0, 0.1) is 17.3 Å². The number of nitrogens with zero attached hydrogens (tertiary/aromatic N) is 1. The summed E-state index contributed by atoms with van der Waals surface area (Å²) in [4.78, 5) is 4.33. The summed E-state index contributed by atoms with van der Waals surface area (Å²) in [7, 11) is 0. The summed E-state index contributed by atoms with van der Waals surface area (Å²) in [5.41, 5.74) is 0.179. The zero-order valence-corrected chi connectivity index (χ0v) is 9.77. The van der Waals surface area contributed by atoms with Gasteiger partial charge >= 0.3 is 0 Å². The predicted molar refractivity (Wildman–Crippen MR) is 58.8 cm³/mol. The molecule has 0 N–H and O–H groups in total. The zero-order chi connectivity index (χ0) is 10.3. The van der Waals surface area contributed by atoms with Crippen LogP contribution in [0.2, 0.25) is 0 Å². The minimum atomic E-state index is 0.179. The van der Waals surface area contributed by atoms with Gasteiger partial charge in [-0.25, -0.2) is 0 Å². The molecule has 0 amide bonds. The van der Waals surface area contributed by atoms with Crippen molar-refractivity contribution < 1.29 is 4.74 Å². The van der Waals surface area contributed by atoms with E-state index in [1.165, 1.54) is 0 Å². The molecular weight excluding hydrogens is 221 g/mol. The molecule has 2 aliphatic rings. The van der Waals surface area contributed by atoms with E-state index in [1.54, 1.807) is 0 Å². The van der Waals surface area contributed by atoms with Crippen molar-refractivity contribution in [3.8, 4) is 0 Å². The quantitative estimate of drug-likeness (QED) is 0.719. The molecule has 1 aliphatic heterocycles. The van der Waals surface area contributed by atoms with Crippen molar-refractivity contribution in [2.45, 2.75) is 13.8 Å². The standard InChI is InChI=1S/C10H13Cl2NO/c1-10(2)6(5-7(11)12)8(10)9-13-3-4-14-9/h5-6,8H,3-4H2,1-2H3. The van der Waals surface area contributed by atoms with E-state index in [0.717, 1.165) is 12.4 Å². The van der Waals surface area contributed by atoms with Gasteiger partial charge in [0.2, 0.25) is 0 Å². The molecule has 0 radical (unpaired) electrons. The molecular formula is C10H13Cl2NO. The lowest BCUT2D eigenvalue weighted by molar-refractivity contribution is 0.330. The van der Waals surface area contributed by atoms with Crippen LogP contribution in [0.15, 0.2) is 15.6 Å². The average Bonchev–Trinajstić information content (AvgIpc) is 2.55. The van der Waals surface area contributed by atoms with E-state index < -0.39 is 0 Å². The summed E-state index contributed by atoms with van der Waals surface area (Å²) < 4.78 is 5.80. The third-order valence-corrected chi connectivity index (χ3v) is 3.34. The van der Waals surface area contributed by atoms with Gasteiger partial charge in [-0.2, -0.15) is 0 Å². The Labute approximate surface area is 93.9 Å². The van der Waals surface area contributed by atoms with Crippen LogP contribution in [0.3, 0.4) is 0 Å². The summed E-state index contributed by atoms with van der Waals surface area (Å²) in [5, 5.41) is 0. The van der Waals surface area contributed by atoms with Gasteiger partial charge < -0.3 is 4.74 Å². The Hall–Kier alpha value is -0.210. The molecule has 4 heteroatoms. The normalized spacial score (nSPS) is 33.3. The van der Waals surface area contributed by atoms with Gasteiger partial charge in [-0.3, -0.25) is 4.99 Å². The van der Waals surface area contributed by atoms with Crippen LogP contribution >= 0.6 is 23.2 Å². The molecule has 1 saturated carbocycles. The first-order valence-electron chi connectivity index (χ1n) is 4.73. The van der Waals surface area contributed by atoms with Gasteiger partial charge in [-0.1, -0.05) is 37.0 Å². The van der Waals surface area contributed by atoms with E-state index in [1.807, 2.05) is 6.08 Å². The molecule has 0 aromatic rings. The van der Waals surface area contributed by atoms with Crippen LogP contribution in [0.25, 0.3) is 0 Å². The summed E-state index contributed by atoms with van der Waals surface area (Å²) in [6.07, 6.45) is 1.89. The van der Waals surface area contributed by atoms with Crippen LogP contribution in [0.4, 0.5) is 0 Å². The highest BCUT2D eigenvalue weighted by atomic mass is 35.5. The molecule has 0 aromatic carbocycles. The highest BCUT2D eigenvalue weighted by Crippen LogP contribution is 2.60. The molecule has 2 nitrogen and oxygen atoms in total. The Balaban J connectivity index is 2.12. The lowest BCUT2D eigenvalue weighted by atomic mass is 10.1. The molecule has 0 aromatic heterocycles. The highest BCUT2D eigenvalue weighted by Gasteiger charge is 2.60. The van der Waals surface area contributed by atoms with Crippen LogP contribution in [0.5, 0.6) is 0 Å². The van der Waals surface area contributed by atoms with E-state index in [-0.39, 0.29) is 5.41 Å². The first-order chi connectivity index (χ1) is 6.53. The van der Waals surface area contributed by atoms with Crippen LogP contribution in [-0.2, 0) is 4.74 Å². The lowest BCUT2D eigenvalue weighted by Crippen LogP contribution is -2.06. The highest BCUT2D eigenvalue weighted by molar-refractivity contribution is 6.55. The van der Waals surface area contributed by atoms with Gasteiger partial charge in [0.05, 0.1) is 6.54 Å². The maximum Gasteiger partial charge on any atom is 0.187 e. The van der Waals surface area contributed by atoms with Crippen molar-refractivity contribution in [3.63, 3.8) is 0 Å². The zero-order valence-electron chi connectivity index (χ0n) is 8.26. The van der Waals surface area contributed by atoms with Crippen LogP contribution in [-0.4, -0.2) is 19.0 Å². The number of hydrogen-bond acceptors (Lipinski definition) is 2. The van der Waals surface area contributed by atoms with Gasteiger partial charge in [0, 0.05) is 5.92 Å². The molecule has 2 atom stereocenters. The summed E-state index contributed by atoms with van der Waals surface area (Å²) in [6, 6.07) is 0. The van der Waals surface area contributed by atoms with Crippen molar-refractivity contribution in [2.24, 2.45) is 22.2 Å². The second-order valence-corrected chi connectivity index (χ2v) is 5.36. The number of ether oxygens (including phenoxy) is 1. The molecule has 1 heterocycles. The summed E-state index contributed by atoms with van der Waals surface area (Å²) in [6.45, 7) is 5.86. The van der Waals surface area contributed by atoms with Gasteiger partial charge in [0.15, 0.2) is 5.90 Å². The Morgan fingerprint density at radius 3 is 2.79 bits per heavy atom. The number of hydrogen-bond donors (Lipinski definition) is 0. The Morgan fingerprint density at radius 1 is 1.57 bits per heavy atom. The molecule has 14 heavy (non-hydrogen) atoms. The van der Waals surface area contributed by atoms with Crippen molar-refractivity contribution in [3.05, 3.63) is 10.6 Å².